The second-order valence-electron chi connectivity index (χ2n) is 6.62. The van der Waals surface area contributed by atoms with E-state index in [-0.39, 0.29) is 22.4 Å². The van der Waals surface area contributed by atoms with Gasteiger partial charge in [0.15, 0.2) is 5.78 Å². The van der Waals surface area contributed by atoms with Gasteiger partial charge in [-0.2, -0.15) is 0 Å². The van der Waals surface area contributed by atoms with Crippen LogP contribution < -0.4 is 5.32 Å². The number of amides is 1. The number of pyridine rings is 2. The lowest BCUT2D eigenvalue weighted by Gasteiger charge is -2.22. The van der Waals surface area contributed by atoms with Crippen molar-refractivity contribution in [1.29, 1.82) is 0 Å². The van der Waals surface area contributed by atoms with E-state index in [0.29, 0.717) is 16.7 Å². The van der Waals surface area contributed by atoms with E-state index in [1.54, 1.807) is 31.5 Å². The molecule has 1 atom stereocenters. The summed E-state index contributed by atoms with van der Waals surface area (Å²) >= 11 is 5.85. The van der Waals surface area contributed by atoms with E-state index in [1.165, 1.54) is 12.3 Å². The Balaban J connectivity index is 2.35. The first-order valence-corrected chi connectivity index (χ1v) is 7.99. The van der Waals surface area contributed by atoms with Crippen molar-refractivity contribution in [3.63, 3.8) is 0 Å². The number of rotatable bonds is 4. The van der Waals surface area contributed by atoms with Gasteiger partial charge in [-0.3, -0.25) is 14.6 Å². The van der Waals surface area contributed by atoms with Crippen molar-refractivity contribution in [1.82, 2.24) is 15.3 Å². The lowest BCUT2D eigenvalue weighted by molar-refractivity contribution is 0.0917. The number of nitrogens with zero attached hydrogens (tertiary/aromatic N) is 2. The van der Waals surface area contributed by atoms with Crippen LogP contribution in [0.2, 0.25) is 5.15 Å². The summed E-state index contributed by atoms with van der Waals surface area (Å²) in [6, 6.07) is 4.75. The molecule has 0 spiro atoms. The van der Waals surface area contributed by atoms with Gasteiger partial charge in [0.1, 0.15) is 5.15 Å². The molecule has 0 aliphatic heterocycles. The van der Waals surface area contributed by atoms with Crippen LogP contribution in [-0.2, 0) is 0 Å². The van der Waals surface area contributed by atoms with Gasteiger partial charge in [0, 0.05) is 41.2 Å². The number of aromatic nitrogens is 2. The Labute approximate surface area is 146 Å². The highest BCUT2D eigenvalue weighted by Gasteiger charge is 2.24. The lowest BCUT2D eigenvalue weighted by Crippen LogP contribution is -2.41. The Bertz CT molecular complexity index is 769. The maximum Gasteiger partial charge on any atom is 0.252 e. The van der Waals surface area contributed by atoms with Crippen molar-refractivity contribution in [2.75, 3.05) is 0 Å². The SMILES string of the molecule is CC(C(=O)c1ccnc(Cl)c1)c1cnccc1C(=O)NC(C)(C)C. The molecule has 0 aromatic carbocycles. The molecular formula is C18H20ClN3O2. The Morgan fingerprint density at radius 2 is 1.92 bits per heavy atom. The highest BCUT2D eigenvalue weighted by atomic mass is 35.5. The monoisotopic (exact) mass is 345 g/mol. The van der Waals surface area contributed by atoms with E-state index in [1.807, 2.05) is 20.8 Å². The van der Waals surface area contributed by atoms with Gasteiger partial charge in [-0.1, -0.05) is 18.5 Å². The van der Waals surface area contributed by atoms with Crippen molar-refractivity contribution in [2.45, 2.75) is 39.2 Å². The second-order valence-corrected chi connectivity index (χ2v) is 7.01. The van der Waals surface area contributed by atoms with Crippen molar-refractivity contribution in [3.8, 4) is 0 Å². The number of Topliss-reactive ketones (excluding diaryl/α,β-unsaturated/α-hetero) is 1. The molecular weight excluding hydrogens is 326 g/mol. The molecule has 1 amide bonds. The van der Waals surface area contributed by atoms with Crippen LogP contribution in [0.1, 0.15) is 59.9 Å². The molecule has 0 saturated heterocycles. The third kappa shape index (κ3) is 4.38. The molecule has 2 rings (SSSR count). The van der Waals surface area contributed by atoms with Crippen LogP contribution in [0.15, 0.2) is 36.8 Å². The van der Waals surface area contributed by atoms with Gasteiger partial charge >= 0.3 is 0 Å². The first-order chi connectivity index (χ1) is 11.2. The van der Waals surface area contributed by atoms with E-state index < -0.39 is 5.92 Å². The quantitative estimate of drug-likeness (QED) is 0.678. The van der Waals surface area contributed by atoms with E-state index >= 15 is 0 Å². The molecule has 1 N–H and O–H groups in total. The molecule has 6 heteroatoms. The minimum absolute atomic E-state index is 0.142. The predicted octanol–water partition coefficient (Wildman–Crippen LogP) is 3.64. The van der Waals surface area contributed by atoms with Crippen molar-refractivity contribution >= 4 is 23.3 Å². The van der Waals surface area contributed by atoms with Crippen molar-refractivity contribution < 1.29 is 9.59 Å². The average Bonchev–Trinajstić information content (AvgIpc) is 2.52. The summed E-state index contributed by atoms with van der Waals surface area (Å²) in [4.78, 5) is 33.2. The molecule has 2 heterocycles. The molecule has 24 heavy (non-hydrogen) atoms. The standard InChI is InChI=1S/C18H20ClN3O2/c1-11(16(23)12-5-8-21-15(19)9-12)14-10-20-7-6-13(14)17(24)22-18(2,3)4/h5-11H,1-4H3,(H,22,24). The fraction of sp³-hybridized carbons (Fsp3) is 0.333. The number of halogens is 1. The van der Waals surface area contributed by atoms with Crippen LogP contribution in [0, 0.1) is 0 Å². The highest BCUT2D eigenvalue weighted by Crippen LogP contribution is 2.24. The summed E-state index contributed by atoms with van der Waals surface area (Å²) in [7, 11) is 0. The zero-order valence-corrected chi connectivity index (χ0v) is 14.9. The Hall–Kier alpha value is -2.27. The van der Waals surface area contributed by atoms with Crippen molar-refractivity contribution in [2.24, 2.45) is 0 Å². The molecule has 0 bridgehead atoms. The molecule has 0 saturated carbocycles. The maximum atomic E-state index is 12.7. The molecule has 2 aromatic heterocycles. The van der Waals surface area contributed by atoms with Gasteiger partial charge in [0.2, 0.25) is 0 Å². The van der Waals surface area contributed by atoms with Crippen LogP contribution in [0.4, 0.5) is 0 Å². The summed E-state index contributed by atoms with van der Waals surface area (Å²) < 4.78 is 0. The minimum Gasteiger partial charge on any atom is -0.347 e. The highest BCUT2D eigenvalue weighted by molar-refractivity contribution is 6.29. The maximum absolute atomic E-state index is 12.7. The molecule has 0 radical (unpaired) electrons. The minimum atomic E-state index is -0.530. The summed E-state index contributed by atoms with van der Waals surface area (Å²) in [6.07, 6.45) is 4.59. The number of nitrogens with one attached hydrogen (secondary N) is 1. The van der Waals surface area contributed by atoms with E-state index in [9.17, 15) is 9.59 Å². The normalized spacial score (nSPS) is 12.5. The van der Waals surface area contributed by atoms with Crippen LogP contribution in [0.5, 0.6) is 0 Å². The number of hydrogen-bond donors (Lipinski definition) is 1. The molecule has 0 fully saturated rings. The predicted molar refractivity (Wildman–Crippen MR) is 93.4 cm³/mol. The van der Waals surface area contributed by atoms with Crippen LogP contribution in [-0.4, -0.2) is 27.2 Å². The number of hydrogen-bond acceptors (Lipinski definition) is 4. The molecule has 0 aliphatic carbocycles. The van der Waals surface area contributed by atoms with Crippen LogP contribution in [0.3, 0.4) is 0 Å². The average molecular weight is 346 g/mol. The number of carbonyl (C=O) groups excluding carboxylic acids is 2. The Morgan fingerprint density at radius 3 is 2.54 bits per heavy atom. The fourth-order valence-corrected chi connectivity index (χ4v) is 2.49. The zero-order chi connectivity index (χ0) is 17.9. The smallest absolute Gasteiger partial charge is 0.252 e. The first kappa shape index (κ1) is 18.1. The van der Waals surface area contributed by atoms with E-state index in [2.05, 4.69) is 15.3 Å². The summed E-state index contributed by atoms with van der Waals surface area (Å²) in [5, 5.41) is 3.16. The van der Waals surface area contributed by atoms with Gasteiger partial charge in [0.05, 0.1) is 0 Å². The number of ketones is 1. The van der Waals surface area contributed by atoms with E-state index in [0.717, 1.165) is 0 Å². The molecule has 1 unspecified atom stereocenters. The lowest BCUT2D eigenvalue weighted by atomic mass is 9.90. The van der Waals surface area contributed by atoms with Gasteiger partial charge < -0.3 is 5.32 Å². The van der Waals surface area contributed by atoms with E-state index in [4.69, 9.17) is 11.6 Å². The zero-order valence-electron chi connectivity index (χ0n) is 14.1. The summed E-state index contributed by atoms with van der Waals surface area (Å²) in [5.74, 6) is -0.901. The fourth-order valence-electron chi connectivity index (χ4n) is 2.31. The molecule has 2 aromatic rings. The summed E-state index contributed by atoms with van der Waals surface area (Å²) in [5.41, 5.74) is 1.11. The number of carbonyl (C=O) groups is 2. The van der Waals surface area contributed by atoms with Crippen LogP contribution >= 0.6 is 11.6 Å². The van der Waals surface area contributed by atoms with Crippen LogP contribution in [0.25, 0.3) is 0 Å². The second kappa shape index (κ2) is 7.09. The molecule has 0 aliphatic rings. The first-order valence-electron chi connectivity index (χ1n) is 7.61. The van der Waals surface area contributed by atoms with Crippen molar-refractivity contribution in [3.05, 3.63) is 58.6 Å². The Morgan fingerprint density at radius 1 is 1.21 bits per heavy atom. The molecule has 126 valence electrons. The Kier molecular flexibility index (Phi) is 5.34. The van der Waals surface area contributed by atoms with Gasteiger partial charge in [-0.25, -0.2) is 4.98 Å². The third-order valence-corrected chi connectivity index (χ3v) is 3.66. The largest absolute Gasteiger partial charge is 0.347 e. The summed E-state index contributed by atoms with van der Waals surface area (Å²) in [6.45, 7) is 7.46. The topological polar surface area (TPSA) is 72.0 Å². The van der Waals surface area contributed by atoms with Gasteiger partial charge in [0.25, 0.3) is 5.91 Å². The van der Waals surface area contributed by atoms with Gasteiger partial charge in [-0.05, 0) is 44.5 Å². The third-order valence-electron chi connectivity index (χ3n) is 3.46. The molecule has 5 nitrogen and oxygen atoms in total. The van der Waals surface area contributed by atoms with Gasteiger partial charge in [-0.15, -0.1) is 0 Å².